The van der Waals surface area contributed by atoms with Gasteiger partial charge in [-0.3, -0.25) is 10.1 Å². The Morgan fingerprint density at radius 2 is 1.65 bits per heavy atom. The van der Waals surface area contributed by atoms with Crippen LogP contribution in [0.4, 0.5) is 13.2 Å². The average molecular weight is 288 g/mol. The fraction of sp³-hybridized carbons (Fsp3) is 0.500. The lowest BCUT2D eigenvalue weighted by Gasteiger charge is -2.32. The van der Waals surface area contributed by atoms with E-state index in [1.807, 2.05) is 19.1 Å². The number of carbonyl (C=O) groups excluding carboxylic acids is 1. The third-order valence-corrected chi connectivity index (χ3v) is 3.31. The first-order valence-corrected chi connectivity index (χ1v) is 6.17. The molecular formula is C14H19F3N2O. The zero-order valence-corrected chi connectivity index (χ0v) is 12.0. The Kier molecular flexibility index (Phi) is 4.49. The number of halogens is 3. The third kappa shape index (κ3) is 3.50. The lowest BCUT2D eigenvalue weighted by atomic mass is 9.83. The highest BCUT2D eigenvalue weighted by atomic mass is 19.4. The van der Waals surface area contributed by atoms with Crippen LogP contribution in [0.1, 0.15) is 29.2 Å². The monoisotopic (exact) mass is 288 g/mol. The number of primary amides is 1. The Balaban J connectivity index is 3.30. The Morgan fingerprint density at radius 3 is 2.00 bits per heavy atom. The third-order valence-electron chi connectivity index (χ3n) is 3.31. The number of rotatable bonds is 4. The van der Waals surface area contributed by atoms with Crippen LogP contribution in [-0.4, -0.2) is 18.6 Å². The summed E-state index contributed by atoms with van der Waals surface area (Å²) >= 11 is 0. The second-order valence-corrected chi connectivity index (χ2v) is 5.23. The highest BCUT2D eigenvalue weighted by Crippen LogP contribution is 2.29. The van der Waals surface area contributed by atoms with Crippen LogP contribution in [0.25, 0.3) is 0 Å². The molecule has 3 N–H and O–H groups in total. The molecule has 0 saturated heterocycles. The van der Waals surface area contributed by atoms with Crippen molar-refractivity contribution in [3.63, 3.8) is 0 Å². The van der Waals surface area contributed by atoms with Crippen LogP contribution < -0.4 is 11.1 Å². The quantitative estimate of drug-likeness (QED) is 0.894. The van der Waals surface area contributed by atoms with Gasteiger partial charge in [0.25, 0.3) is 0 Å². The van der Waals surface area contributed by atoms with Crippen LogP contribution in [0.15, 0.2) is 12.1 Å². The number of hydrogen-bond acceptors (Lipinski definition) is 2. The van der Waals surface area contributed by atoms with Gasteiger partial charge >= 0.3 is 6.18 Å². The molecule has 112 valence electrons. The van der Waals surface area contributed by atoms with Gasteiger partial charge in [-0.2, -0.15) is 13.2 Å². The summed E-state index contributed by atoms with van der Waals surface area (Å²) in [4.78, 5) is 11.7. The summed E-state index contributed by atoms with van der Waals surface area (Å²) in [6.07, 6.45) is -4.41. The highest BCUT2D eigenvalue weighted by molar-refractivity contribution is 5.86. The molecule has 0 heterocycles. The van der Waals surface area contributed by atoms with Crippen molar-refractivity contribution in [1.29, 1.82) is 0 Å². The molecule has 1 amide bonds. The lowest BCUT2D eigenvalue weighted by Crippen LogP contribution is -2.53. The van der Waals surface area contributed by atoms with E-state index in [0.717, 1.165) is 16.7 Å². The lowest BCUT2D eigenvalue weighted by molar-refractivity contribution is -0.135. The van der Waals surface area contributed by atoms with Crippen molar-refractivity contribution in [1.82, 2.24) is 5.32 Å². The van der Waals surface area contributed by atoms with Crippen LogP contribution in [0.2, 0.25) is 0 Å². The van der Waals surface area contributed by atoms with Crippen molar-refractivity contribution in [2.45, 2.75) is 39.4 Å². The van der Waals surface area contributed by atoms with Crippen molar-refractivity contribution in [3.8, 4) is 0 Å². The van der Waals surface area contributed by atoms with Gasteiger partial charge < -0.3 is 5.73 Å². The molecule has 1 atom stereocenters. The first-order valence-electron chi connectivity index (χ1n) is 6.17. The van der Waals surface area contributed by atoms with Crippen LogP contribution in [-0.2, 0) is 10.3 Å². The number of carbonyl (C=O) groups is 1. The molecule has 1 rings (SSSR count). The Morgan fingerprint density at radius 1 is 1.20 bits per heavy atom. The molecule has 0 saturated carbocycles. The normalized spacial score (nSPS) is 14.9. The fourth-order valence-electron chi connectivity index (χ4n) is 2.54. The molecule has 0 bridgehead atoms. The van der Waals surface area contributed by atoms with Gasteiger partial charge in [0.05, 0.1) is 6.54 Å². The maximum Gasteiger partial charge on any atom is 0.401 e. The molecule has 0 radical (unpaired) electrons. The van der Waals surface area contributed by atoms with E-state index in [2.05, 4.69) is 5.32 Å². The molecule has 0 aromatic heterocycles. The van der Waals surface area contributed by atoms with E-state index in [-0.39, 0.29) is 0 Å². The van der Waals surface area contributed by atoms with E-state index in [4.69, 9.17) is 5.73 Å². The van der Waals surface area contributed by atoms with Gasteiger partial charge in [-0.15, -0.1) is 0 Å². The molecule has 3 nitrogen and oxygen atoms in total. The maximum absolute atomic E-state index is 12.4. The minimum Gasteiger partial charge on any atom is -0.368 e. The zero-order chi connectivity index (χ0) is 15.7. The first kappa shape index (κ1) is 16.5. The molecule has 0 fully saturated rings. The Labute approximate surface area is 116 Å². The number of hydrogen-bond donors (Lipinski definition) is 2. The van der Waals surface area contributed by atoms with Crippen LogP contribution >= 0.6 is 0 Å². The zero-order valence-electron chi connectivity index (χ0n) is 12.0. The van der Waals surface area contributed by atoms with E-state index in [9.17, 15) is 18.0 Å². The van der Waals surface area contributed by atoms with Crippen LogP contribution in [0.3, 0.4) is 0 Å². The van der Waals surface area contributed by atoms with Gasteiger partial charge in [0.1, 0.15) is 5.54 Å². The second-order valence-electron chi connectivity index (χ2n) is 5.23. The summed E-state index contributed by atoms with van der Waals surface area (Å²) in [5.74, 6) is -0.836. The molecule has 20 heavy (non-hydrogen) atoms. The minimum atomic E-state index is -4.41. The molecule has 0 aliphatic carbocycles. The van der Waals surface area contributed by atoms with Gasteiger partial charge in [-0.05, 0) is 44.4 Å². The van der Waals surface area contributed by atoms with E-state index < -0.39 is 24.2 Å². The Hall–Kier alpha value is -1.56. The topological polar surface area (TPSA) is 55.1 Å². The van der Waals surface area contributed by atoms with Crippen molar-refractivity contribution >= 4 is 5.91 Å². The van der Waals surface area contributed by atoms with Crippen molar-refractivity contribution in [2.24, 2.45) is 5.73 Å². The van der Waals surface area contributed by atoms with Crippen LogP contribution in [0, 0.1) is 20.8 Å². The highest BCUT2D eigenvalue weighted by Gasteiger charge is 2.39. The molecule has 0 spiro atoms. The largest absolute Gasteiger partial charge is 0.401 e. The predicted octanol–water partition coefficient (Wildman–Crippen LogP) is 2.46. The van der Waals surface area contributed by atoms with E-state index in [1.165, 1.54) is 6.92 Å². The summed E-state index contributed by atoms with van der Waals surface area (Å²) in [5, 5.41) is 2.25. The maximum atomic E-state index is 12.4. The molecule has 6 heteroatoms. The standard InChI is InChI=1S/C14H19F3N2O/c1-8-5-9(2)11(10(3)6-8)13(4,12(18)20)19-7-14(15,16)17/h5-6,19H,7H2,1-4H3,(H2,18,20). The molecular weight excluding hydrogens is 269 g/mol. The SMILES string of the molecule is Cc1cc(C)c(C(C)(NCC(F)(F)F)C(N)=O)c(C)c1. The number of alkyl halides is 3. The van der Waals surface area contributed by atoms with E-state index in [1.54, 1.807) is 13.8 Å². The van der Waals surface area contributed by atoms with Crippen molar-refractivity contribution < 1.29 is 18.0 Å². The van der Waals surface area contributed by atoms with Gasteiger partial charge in [-0.25, -0.2) is 0 Å². The molecule has 1 aromatic carbocycles. The van der Waals surface area contributed by atoms with Crippen LogP contribution in [0.5, 0.6) is 0 Å². The van der Waals surface area contributed by atoms with Gasteiger partial charge in [-0.1, -0.05) is 17.7 Å². The predicted molar refractivity (Wildman–Crippen MR) is 71.3 cm³/mol. The summed E-state index contributed by atoms with van der Waals surface area (Å²) in [6, 6.07) is 3.64. The van der Waals surface area contributed by atoms with E-state index in [0.29, 0.717) is 5.56 Å². The van der Waals surface area contributed by atoms with Gasteiger partial charge in [0, 0.05) is 0 Å². The second kappa shape index (κ2) is 5.44. The van der Waals surface area contributed by atoms with E-state index >= 15 is 0 Å². The summed E-state index contributed by atoms with van der Waals surface area (Å²) in [6.45, 7) is 5.50. The first-order chi connectivity index (χ1) is 8.97. The van der Waals surface area contributed by atoms with Gasteiger partial charge in [0.15, 0.2) is 0 Å². The molecule has 0 aliphatic rings. The number of aryl methyl sites for hydroxylation is 3. The van der Waals surface area contributed by atoms with Crippen molar-refractivity contribution in [3.05, 3.63) is 34.4 Å². The fourth-order valence-corrected chi connectivity index (χ4v) is 2.54. The molecule has 0 aliphatic heterocycles. The van der Waals surface area contributed by atoms with Gasteiger partial charge in [0.2, 0.25) is 5.91 Å². The summed E-state index contributed by atoms with van der Waals surface area (Å²) in [7, 11) is 0. The number of benzene rings is 1. The minimum absolute atomic E-state index is 0.500. The summed E-state index contributed by atoms with van der Waals surface area (Å²) < 4.78 is 37.2. The number of amides is 1. The van der Waals surface area contributed by atoms with Crippen molar-refractivity contribution in [2.75, 3.05) is 6.54 Å². The number of nitrogens with one attached hydrogen (secondary N) is 1. The Bertz CT molecular complexity index is 503. The average Bonchev–Trinajstić information content (AvgIpc) is 2.23. The summed E-state index contributed by atoms with van der Waals surface area (Å²) in [5.41, 5.74) is 6.73. The smallest absolute Gasteiger partial charge is 0.368 e. The molecule has 1 aromatic rings. The molecule has 1 unspecified atom stereocenters. The number of nitrogens with two attached hydrogens (primary N) is 1.